The number of aliphatic hydroxyl groups is 1. The molecule has 1 N–H and O–H groups in total. The van der Waals surface area contributed by atoms with Crippen LogP contribution in [0.1, 0.15) is 52.9 Å². The summed E-state index contributed by atoms with van der Waals surface area (Å²) >= 11 is 0. The van der Waals surface area contributed by atoms with Crippen LogP contribution in [0.5, 0.6) is 0 Å². The van der Waals surface area contributed by atoms with Crippen LogP contribution in [0.4, 0.5) is 0 Å². The molecule has 1 saturated heterocycles. The van der Waals surface area contributed by atoms with E-state index in [0.717, 1.165) is 25.6 Å². The average Bonchev–Trinajstić information content (AvgIpc) is 2.41. The van der Waals surface area contributed by atoms with Gasteiger partial charge in [-0.05, 0) is 24.2 Å². The Morgan fingerprint density at radius 3 is 2.05 bits per heavy atom. The van der Waals surface area contributed by atoms with Crippen molar-refractivity contribution in [3.05, 3.63) is 0 Å². The highest BCUT2D eigenvalue weighted by molar-refractivity contribution is 4.81. The number of piperazine rings is 1. The van der Waals surface area contributed by atoms with E-state index in [-0.39, 0.29) is 11.5 Å². The van der Waals surface area contributed by atoms with Gasteiger partial charge in [0.05, 0.1) is 6.10 Å². The third-order valence-corrected chi connectivity index (χ3v) is 5.14. The number of aliphatic hydroxyl groups excluding tert-OH is 1. The second-order valence-electron chi connectivity index (χ2n) is 7.99. The molecule has 2 fully saturated rings. The van der Waals surface area contributed by atoms with Crippen LogP contribution < -0.4 is 0 Å². The van der Waals surface area contributed by atoms with Gasteiger partial charge < -0.3 is 10.0 Å². The van der Waals surface area contributed by atoms with Gasteiger partial charge in [0.25, 0.3) is 0 Å². The lowest BCUT2D eigenvalue weighted by molar-refractivity contribution is 0.0111. The molecule has 1 atom stereocenters. The fraction of sp³-hybridized carbons (Fsp3) is 1.00. The molecule has 0 spiro atoms. The van der Waals surface area contributed by atoms with Crippen molar-refractivity contribution < 1.29 is 5.11 Å². The van der Waals surface area contributed by atoms with Gasteiger partial charge in [-0.2, -0.15) is 0 Å². The molecule has 2 aliphatic rings. The molecule has 1 aliphatic carbocycles. The normalized spacial score (nSPS) is 25.8. The molecule has 1 aliphatic heterocycles. The largest absolute Gasteiger partial charge is 0.391 e. The maximum atomic E-state index is 10.2. The summed E-state index contributed by atoms with van der Waals surface area (Å²) in [5, 5.41) is 10.2. The van der Waals surface area contributed by atoms with Gasteiger partial charge in [-0.25, -0.2) is 0 Å². The Morgan fingerprint density at radius 1 is 0.950 bits per heavy atom. The predicted molar refractivity (Wildman–Crippen MR) is 84.9 cm³/mol. The first-order chi connectivity index (χ1) is 9.45. The number of hydrogen-bond donors (Lipinski definition) is 1. The lowest BCUT2D eigenvalue weighted by Crippen LogP contribution is -2.51. The third-order valence-electron chi connectivity index (χ3n) is 5.14. The van der Waals surface area contributed by atoms with Crippen molar-refractivity contribution in [3.8, 4) is 0 Å². The predicted octanol–water partition coefficient (Wildman–Crippen LogP) is 2.59. The summed E-state index contributed by atoms with van der Waals surface area (Å²) in [6.07, 6.45) is 7.03. The Hall–Kier alpha value is -0.120. The molecule has 0 amide bonds. The SMILES string of the molecule is CC(C)(C)C(O)CN1CCN(CC2CCCCC2)CC1. The summed E-state index contributed by atoms with van der Waals surface area (Å²) in [4.78, 5) is 5.09. The molecule has 0 aromatic heterocycles. The maximum absolute atomic E-state index is 10.2. The van der Waals surface area contributed by atoms with Crippen LogP contribution in [0.3, 0.4) is 0 Å². The average molecular weight is 282 g/mol. The quantitative estimate of drug-likeness (QED) is 0.858. The molecule has 1 unspecified atom stereocenters. The molecule has 1 saturated carbocycles. The first kappa shape index (κ1) is 16.3. The van der Waals surface area contributed by atoms with Crippen molar-refractivity contribution >= 4 is 0 Å². The van der Waals surface area contributed by atoms with Gasteiger partial charge in [0.1, 0.15) is 0 Å². The summed E-state index contributed by atoms with van der Waals surface area (Å²) in [7, 11) is 0. The van der Waals surface area contributed by atoms with Gasteiger partial charge in [-0.15, -0.1) is 0 Å². The van der Waals surface area contributed by atoms with E-state index in [2.05, 4.69) is 30.6 Å². The highest BCUT2D eigenvalue weighted by Crippen LogP contribution is 2.25. The van der Waals surface area contributed by atoms with E-state index < -0.39 is 0 Å². The standard InChI is InChI=1S/C17H34N2O/c1-17(2,3)16(20)14-19-11-9-18(10-12-19)13-15-7-5-4-6-8-15/h15-16,20H,4-14H2,1-3H3. The molecule has 3 nitrogen and oxygen atoms in total. The van der Waals surface area contributed by atoms with Crippen molar-refractivity contribution in [3.63, 3.8) is 0 Å². The third kappa shape index (κ3) is 5.01. The molecule has 1 heterocycles. The van der Waals surface area contributed by atoms with Gasteiger partial charge >= 0.3 is 0 Å². The molecule has 0 bridgehead atoms. The minimum absolute atomic E-state index is 0.000762. The summed E-state index contributed by atoms with van der Waals surface area (Å²) in [5.41, 5.74) is -0.000762. The van der Waals surface area contributed by atoms with Crippen LogP contribution in [0.15, 0.2) is 0 Å². The lowest BCUT2D eigenvalue weighted by Gasteiger charge is -2.39. The van der Waals surface area contributed by atoms with Gasteiger partial charge in [-0.1, -0.05) is 40.0 Å². The van der Waals surface area contributed by atoms with Crippen molar-refractivity contribution in [2.24, 2.45) is 11.3 Å². The fourth-order valence-corrected chi connectivity index (χ4v) is 3.41. The van der Waals surface area contributed by atoms with Gasteiger partial charge in [0.15, 0.2) is 0 Å². The molecule has 0 aromatic rings. The summed E-state index contributed by atoms with van der Waals surface area (Å²) in [6.45, 7) is 13.1. The van der Waals surface area contributed by atoms with Gasteiger partial charge in [0.2, 0.25) is 0 Å². The zero-order chi connectivity index (χ0) is 14.6. The highest BCUT2D eigenvalue weighted by Gasteiger charge is 2.27. The van der Waals surface area contributed by atoms with Crippen molar-refractivity contribution in [2.75, 3.05) is 39.3 Å². The first-order valence-corrected chi connectivity index (χ1v) is 8.58. The minimum atomic E-state index is -0.215. The Kier molecular flexibility index (Phi) is 5.88. The molecule has 0 aromatic carbocycles. The van der Waals surface area contributed by atoms with Crippen molar-refractivity contribution in [2.45, 2.75) is 59.0 Å². The topological polar surface area (TPSA) is 26.7 Å². The smallest absolute Gasteiger partial charge is 0.0715 e. The molecule has 3 heteroatoms. The van der Waals surface area contributed by atoms with Crippen LogP contribution >= 0.6 is 0 Å². The Morgan fingerprint density at radius 2 is 1.50 bits per heavy atom. The number of β-amino-alcohol motifs (C(OH)–C–C–N with tert-alkyl or cyclic N) is 1. The van der Waals surface area contributed by atoms with Crippen LogP contribution in [0.25, 0.3) is 0 Å². The van der Waals surface area contributed by atoms with Crippen LogP contribution in [-0.4, -0.2) is 60.3 Å². The first-order valence-electron chi connectivity index (χ1n) is 8.58. The maximum Gasteiger partial charge on any atom is 0.0715 e. The number of nitrogens with zero attached hydrogens (tertiary/aromatic N) is 2. The molecule has 118 valence electrons. The van der Waals surface area contributed by atoms with E-state index in [0.29, 0.717) is 0 Å². The van der Waals surface area contributed by atoms with E-state index in [9.17, 15) is 5.11 Å². The summed E-state index contributed by atoms with van der Waals surface area (Å²) < 4.78 is 0. The zero-order valence-corrected chi connectivity index (χ0v) is 13.8. The van der Waals surface area contributed by atoms with E-state index in [1.165, 1.54) is 51.7 Å². The van der Waals surface area contributed by atoms with Crippen LogP contribution in [0.2, 0.25) is 0 Å². The number of hydrogen-bond acceptors (Lipinski definition) is 3. The van der Waals surface area contributed by atoms with Crippen LogP contribution in [-0.2, 0) is 0 Å². The second kappa shape index (κ2) is 7.24. The molecule has 2 rings (SSSR count). The van der Waals surface area contributed by atoms with E-state index in [4.69, 9.17) is 0 Å². The molecular weight excluding hydrogens is 248 g/mol. The Bertz CT molecular complexity index is 273. The fourth-order valence-electron chi connectivity index (χ4n) is 3.41. The zero-order valence-electron chi connectivity index (χ0n) is 13.8. The summed E-state index contributed by atoms with van der Waals surface area (Å²) in [5.74, 6) is 0.954. The highest BCUT2D eigenvalue weighted by atomic mass is 16.3. The van der Waals surface area contributed by atoms with Crippen LogP contribution in [0, 0.1) is 11.3 Å². The summed E-state index contributed by atoms with van der Waals surface area (Å²) in [6, 6.07) is 0. The molecule has 0 radical (unpaired) electrons. The van der Waals surface area contributed by atoms with Crippen molar-refractivity contribution in [1.29, 1.82) is 0 Å². The molecular formula is C17H34N2O. The number of rotatable bonds is 4. The van der Waals surface area contributed by atoms with E-state index in [1.807, 2.05) is 0 Å². The van der Waals surface area contributed by atoms with Gasteiger partial charge in [0, 0.05) is 39.3 Å². The molecule has 20 heavy (non-hydrogen) atoms. The lowest BCUT2D eigenvalue weighted by atomic mass is 9.88. The van der Waals surface area contributed by atoms with E-state index in [1.54, 1.807) is 0 Å². The Balaban J connectivity index is 1.67. The monoisotopic (exact) mass is 282 g/mol. The Labute approximate surface area is 125 Å². The van der Waals surface area contributed by atoms with Gasteiger partial charge in [-0.3, -0.25) is 4.90 Å². The van der Waals surface area contributed by atoms with Crippen molar-refractivity contribution in [1.82, 2.24) is 9.80 Å². The minimum Gasteiger partial charge on any atom is -0.391 e. The van der Waals surface area contributed by atoms with E-state index >= 15 is 0 Å². The second-order valence-corrected chi connectivity index (χ2v) is 7.99.